The Morgan fingerprint density at radius 2 is 1.92 bits per heavy atom. The molecule has 140 valence electrons. The highest BCUT2D eigenvalue weighted by atomic mass is 16.5. The van der Waals surface area contributed by atoms with Crippen molar-refractivity contribution in [3.8, 4) is 5.75 Å². The molecule has 1 aromatic rings. The van der Waals surface area contributed by atoms with Crippen molar-refractivity contribution >= 4 is 23.5 Å². The highest BCUT2D eigenvalue weighted by molar-refractivity contribution is 5.98. The van der Waals surface area contributed by atoms with Crippen LogP contribution in [0.3, 0.4) is 0 Å². The summed E-state index contributed by atoms with van der Waals surface area (Å²) in [7, 11) is 0. The van der Waals surface area contributed by atoms with Gasteiger partial charge in [0.05, 0.1) is 18.7 Å². The van der Waals surface area contributed by atoms with Gasteiger partial charge in [0.15, 0.2) is 0 Å². The predicted molar refractivity (Wildman–Crippen MR) is 96.3 cm³/mol. The first kappa shape index (κ1) is 18.0. The molecule has 2 heterocycles. The molecule has 26 heavy (non-hydrogen) atoms. The summed E-state index contributed by atoms with van der Waals surface area (Å²) in [6.07, 6.45) is 1.18. The van der Waals surface area contributed by atoms with E-state index in [-0.39, 0.29) is 17.8 Å². The van der Waals surface area contributed by atoms with Crippen LogP contribution in [0.1, 0.15) is 30.1 Å². The van der Waals surface area contributed by atoms with E-state index in [4.69, 9.17) is 4.74 Å². The Bertz CT molecular complexity index is 698. The number of benzene rings is 1. The number of piperazine rings is 1. The zero-order chi connectivity index (χ0) is 18.5. The number of amides is 4. The minimum absolute atomic E-state index is 0.0798. The highest BCUT2D eigenvalue weighted by Gasteiger charge is 2.25. The van der Waals surface area contributed by atoms with Crippen LogP contribution in [-0.4, -0.2) is 67.0 Å². The number of nitrogens with zero attached hydrogens (tertiary/aromatic N) is 2. The number of urea groups is 1. The van der Waals surface area contributed by atoms with Gasteiger partial charge in [-0.05, 0) is 24.6 Å². The number of hydrogen-bond acceptors (Lipinski definition) is 4. The van der Waals surface area contributed by atoms with E-state index in [1.165, 1.54) is 0 Å². The number of hydrogen-bond donors (Lipinski definition) is 2. The third-order valence-electron chi connectivity index (χ3n) is 4.47. The second kappa shape index (κ2) is 8.07. The molecule has 1 saturated heterocycles. The SMILES string of the molecule is CCCNC(=O)N1CCN(C(=O)c2ccc3c(c2)NC(=O)CCO3)CC1. The van der Waals surface area contributed by atoms with Crippen molar-refractivity contribution in [3.63, 3.8) is 0 Å². The number of fused-ring (bicyclic) bond motifs is 1. The molecule has 0 aromatic heterocycles. The lowest BCUT2D eigenvalue weighted by Crippen LogP contribution is -2.53. The first-order valence-electron chi connectivity index (χ1n) is 8.97. The topological polar surface area (TPSA) is 91.0 Å². The van der Waals surface area contributed by atoms with Gasteiger partial charge in [0.25, 0.3) is 5.91 Å². The fourth-order valence-corrected chi connectivity index (χ4v) is 2.99. The molecule has 0 aliphatic carbocycles. The monoisotopic (exact) mass is 360 g/mol. The lowest BCUT2D eigenvalue weighted by atomic mass is 10.1. The third kappa shape index (κ3) is 4.07. The van der Waals surface area contributed by atoms with E-state index in [2.05, 4.69) is 10.6 Å². The summed E-state index contributed by atoms with van der Waals surface area (Å²) in [5.74, 6) is 0.338. The van der Waals surface area contributed by atoms with E-state index in [0.717, 1.165) is 6.42 Å². The highest BCUT2D eigenvalue weighted by Crippen LogP contribution is 2.28. The van der Waals surface area contributed by atoms with E-state index in [9.17, 15) is 14.4 Å². The molecule has 0 saturated carbocycles. The molecule has 2 aliphatic heterocycles. The van der Waals surface area contributed by atoms with Gasteiger partial charge in [-0.25, -0.2) is 4.79 Å². The van der Waals surface area contributed by atoms with Gasteiger partial charge >= 0.3 is 6.03 Å². The Morgan fingerprint density at radius 3 is 2.65 bits per heavy atom. The fourth-order valence-electron chi connectivity index (χ4n) is 2.99. The summed E-state index contributed by atoms with van der Waals surface area (Å²) in [5, 5.41) is 5.62. The van der Waals surface area contributed by atoms with Gasteiger partial charge in [0, 0.05) is 38.3 Å². The molecule has 0 atom stereocenters. The second-order valence-electron chi connectivity index (χ2n) is 6.37. The number of carbonyl (C=O) groups is 3. The standard InChI is InChI=1S/C18H24N4O4/c1-2-6-19-18(25)22-9-7-21(8-10-22)17(24)13-3-4-15-14(12-13)20-16(23)5-11-26-15/h3-4,12H,2,5-11H2,1H3,(H,19,25)(H,20,23). The Morgan fingerprint density at radius 1 is 1.19 bits per heavy atom. The Kier molecular flexibility index (Phi) is 5.60. The molecule has 1 fully saturated rings. The largest absolute Gasteiger partial charge is 0.491 e. The van der Waals surface area contributed by atoms with E-state index in [1.807, 2.05) is 6.92 Å². The van der Waals surface area contributed by atoms with E-state index < -0.39 is 0 Å². The van der Waals surface area contributed by atoms with Gasteiger partial charge in [-0.15, -0.1) is 0 Å². The van der Waals surface area contributed by atoms with Crippen LogP contribution in [0, 0.1) is 0 Å². The van der Waals surface area contributed by atoms with Crippen molar-refractivity contribution in [1.82, 2.24) is 15.1 Å². The molecule has 0 unspecified atom stereocenters. The third-order valence-corrected chi connectivity index (χ3v) is 4.47. The van der Waals surface area contributed by atoms with Gasteiger partial charge in [-0.1, -0.05) is 6.92 Å². The molecule has 2 aliphatic rings. The van der Waals surface area contributed by atoms with Crippen molar-refractivity contribution in [1.29, 1.82) is 0 Å². The van der Waals surface area contributed by atoms with Gasteiger partial charge in [0.2, 0.25) is 5.91 Å². The predicted octanol–water partition coefficient (Wildman–Crippen LogP) is 1.28. The summed E-state index contributed by atoms with van der Waals surface area (Å²) in [5.41, 5.74) is 1.02. The van der Waals surface area contributed by atoms with Crippen LogP contribution in [0.2, 0.25) is 0 Å². The first-order chi connectivity index (χ1) is 12.6. The summed E-state index contributed by atoms with van der Waals surface area (Å²) in [6.45, 7) is 4.97. The molecule has 0 spiro atoms. The van der Waals surface area contributed by atoms with Crippen molar-refractivity contribution < 1.29 is 19.1 Å². The molecule has 1 aromatic carbocycles. The van der Waals surface area contributed by atoms with Crippen molar-refractivity contribution in [2.75, 3.05) is 44.6 Å². The van der Waals surface area contributed by atoms with Gasteiger partial charge in [-0.2, -0.15) is 0 Å². The molecule has 2 N–H and O–H groups in total. The summed E-state index contributed by atoms with van der Waals surface area (Å²) >= 11 is 0. The zero-order valence-corrected chi connectivity index (χ0v) is 14.9. The first-order valence-corrected chi connectivity index (χ1v) is 8.97. The van der Waals surface area contributed by atoms with Crippen LogP contribution in [0.5, 0.6) is 5.75 Å². The Labute approximate surface area is 152 Å². The maximum atomic E-state index is 12.8. The number of carbonyl (C=O) groups excluding carboxylic acids is 3. The molecule has 3 rings (SSSR count). The number of ether oxygens (including phenoxy) is 1. The number of nitrogens with one attached hydrogen (secondary N) is 2. The fraction of sp³-hybridized carbons (Fsp3) is 0.500. The Hall–Kier alpha value is -2.77. The summed E-state index contributed by atoms with van der Waals surface area (Å²) < 4.78 is 5.51. The van der Waals surface area contributed by atoms with E-state index in [0.29, 0.717) is 62.8 Å². The average molecular weight is 360 g/mol. The molecule has 0 radical (unpaired) electrons. The maximum Gasteiger partial charge on any atom is 0.317 e. The van der Waals surface area contributed by atoms with Crippen molar-refractivity contribution in [2.24, 2.45) is 0 Å². The quantitative estimate of drug-likeness (QED) is 0.850. The van der Waals surface area contributed by atoms with E-state index >= 15 is 0 Å². The van der Waals surface area contributed by atoms with Crippen LogP contribution in [0.15, 0.2) is 18.2 Å². The van der Waals surface area contributed by atoms with E-state index in [1.54, 1.807) is 28.0 Å². The van der Waals surface area contributed by atoms with Crippen LogP contribution >= 0.6 is 0 Å². The normalized spacial score (nSPS) is 16.9. The molecule has 4 amide bonds. The Balaban J connectivity index is 1.62. The van der Waals surface area contributed by atoms with Gasteiger partial charge < -0.3 is 25.2 Å². The maximum absolute atomic E-state index is 12.8. The van der Waals surface area contributed by atoms with Crippen LogP contribution in [0.4, 0.5) is 10.5 Å². The second-order valence-corrected chi connectivity index (χ2v) is 6.37. The lowest BCUT2D eigenvalue weighted by molar-refractivity contribution is -0.116. The smallest absolute Gasteiger partial charge is 0.317 e. The molecule has 8 nitrogen and oxygen atoms in total. The molecule has 0 bridgehead atoms. The molecule has 8 heteroatoms. The minimum Gasteiger partial charge on any atom is -0.491 e. The zero-order valence-electron chi connectivity index (χ0n) is 14.9. The van der Waals surface area contributed by atoms with Crippen LogP contribution < -0.4 is 15.4 Å². The number of anilines is 1. The van der Waals surface area contributed by atoms with Crippen molar-refractivity contribution in [2.45, 2.75) is 19.8 Å². The summed E-state index contributed by atoms with van der Waals surface area (Å²) in [6, 6.07) is 4.99. The summed E-state index contributed by atoms with van der Waals surface area (Å²) in [4.78, 5) is 39.9. The van der Waals surface area contributed by atoms with Crippen LogP contribution in [-0.2, 0) is 4.79 Å². The van der Waals surface area contributed by atoms with Gasteiger partial charge in [-0.3, -0.25) is 9.59 Å². The number of rotatable bonds is 3. The lowest BCUT2D eigenvalue weighted by Gasteiger charge is -2.34. The van der Waals surface area contributed by atoms with Gasteiger partial charge in [0.1, 0.15) is 5.75 Å². The van der Waals surface area contributed by atoms with Crippen molar-refractivity contribution in [3.05, 3.63) is 23.8 Å². The van der Waals surface area contributed by atoms with Crippen LogP contribution in [0.25, 0.3) is 0 Å². The molecular weight excluding hydrogens is 336 g/mol. The molecular formula is C18H24N4O4. The minimum atomic E-state index is -0.125. The average Bonchev–Trinajstić information content (AvgIpc) is 2.85.